The van der Waals surface area contributed by atoms with Crippen molar-refractivity contribution in [1.82, 2.24) is 14.5 Å². The fourth-order valence-corrected chi connectivity index (χ4v) is 6.39. The number of carboxylic acids is 1. The Morgan fingerprint density at radius 2 is 1.66 bits per heavy atom. The number of aryl methyl sites for hydroxylation is 2. The number of fused-ring (bicyclic) bond motifs is 2. The van der Waals surface area contributed by atoms with Crippen molar-refractivity contribution >= 4 is 34.6 Å². The Hall–Kier alpha value is -4.33. The first-order valence-electron chi connectivity index (χ1n) is 14.5. The number of hydrogen-bond donors (Lipinski definition) is 1. The topological polar surface area (TPSA) is 105 Å². The molecule has 2 atom stereocenters. The van der Waals surface area contributed by atoms with Crippen LogP contribution in [0.1, 0.15) is 72.9 Å². The molecule has 41 heavy (non-hydrogen) atoms. The van der Waals surface area contributed by atoms with E-state index in [-0.39, 0.29) is 29.2 Å². The van der Waals surface area contributed by atoms with E-state index in [0.29, 0.717) is 29.0 Å². The summed E-state index contributed by atoms with van der Waals surface area (Å²) in [7, 11) is 0. The number of pyridine rings is 1. The Balaban J connectivity index is 1.35. The SMILES string of the molecule is CCCCc1nc2cc(N3C(=O)[C@H]4CCCC[C@H]4C3=O)c(C)nc2n1Cc1ccc(-c2ccccc2C(=O)O)cc1. The van der Waals surface area contributed by atoms with E-state index in [0.717, 1.165) is 67.5 Å². The zero-order valence-corrected chi connectivity index (χ0v) is 23.5. The number of carboxylic acid groups (broad SMARTS) is 1. The van der Waals surface area contributed by atoms with Crippen LogP contribution >= 0.6 is 0 Å². The molecule has 1 N–H and O–H groups in total. The Kier molecular flexibility index (Phi) is 7.15. The van der Waals surface area contributed by atoms with Gasteiger partial charge < -0.3 is 9.67 Å². The van der Waals surface area contributed by atoms with Gasteiger partial charge in [-0.05, 0) is 55.0 Å². The summed E-state index contributed by atoms with van der Waals surface area (Å²) < 4.78 is 2.12. The summed E-state index contributed by atoms with van der Waals surface area (Å²) in [6.45, 7) is 4.55. The van der Waals surface area contributed by atoms with Crippen LogP contribution in [0.3, 0.4) is 0 Å². The van der Waals surface area contributed by atoms with Crippen molar-refractivity contribution in [1.29, 1.82) is 0 Å². The summed E-state index contributed by atoms with van der Waals surface area (Å²) in [6.07, 6.45) is 6.32. The molecular weight excluding hydrogens is 516 g/mol. The lowest BCUT2D eigenvalue weighted by atomic mass is 9.81. The van der Waals surface area contributed by atoms with Crippen LogP contribution in [0.5, 0.6) is 0 Å². The summed E-state index contributed by atoms with van der Waals surface area (Å²) in [4.78, 5) is 49.5. The second-order valence-electron chi connectivity index (χ2n) is 11.2. The number of carbonyl (C=O) groups is 3. The molecular formula is C33H34N4O4. The molecule has 0 spiro atoms. The van der Waals surface area contributed by atoms with Crippen molar-refractivity contribution in [3.8, 4) is 11.1 Å². The molecule has 8 nitrogen and oxygen atoms in total. The van der Waals surface area contributed by atoms with Gasteiger partial charge in [-0.15, -0.1) is 0 Å². The van der Waals surface area contributed by atoms with Gasteiger partial charge in [0.05, 0.1) is 35.3 Å². The fourth-order valence-electron chi connectivity index (χ4n) is 6.39. The number of amides is 2. The van der Waals surface area contributed by atoms with Gasteiger partial charge in [0, 0.05) is 6.42 Å². The molecule has 2 aromatic carbocycles. The first-order chi connectivity index (χ1) is 19.9. The van der Waals surface area contributed by atoms with Gasteiger partial charge in [-0.2, -0.15) is 0 Å². The maximum absolute atomic E-state index is 13.3. The van der Waals surface area contributed by atoms with Gasteiger partial charge in [0.25, 0.3) is 0 Å². The van der Waals surface area contributed by atoms with Crippen LogP contribution in [0, 0.1) is 18.8 Å². The quantitative estimate of drug-likeness (QED) is 0.263. The number of aromatic nitrogens is 3. The Labute approximate surface area is 239 Å². The van der Waals surface area contributed by atoms with E-state index < -0.39 is 5.97 Å². The minimum atomic E-state index is -0.952. The summed E-state index contributed by atoms with van der Waals surface area (Å²) in [5, 5.41) is 9.59. The Bertz CT molecular complexity index is 1630. The van der Waals surface area contributed by atoms with Crippen molar-refractivity contribution in [2.45, 2.75) is 65.3 Å². The zero-order chi connectivity index (χ0) is 28.7. The van der Waals surface area contributed by atoms with Crippen molar-refractivity contribution in [2.24, 2.45) is 11.8 Å². The van der Waals surface area contributed by atoms with Gasteiger partial charge in [-0.1, -0.05) is 68.7 Å². The number of imide groups is 1. The third-order valence-electron chi connectivity index (χ3n) is 8.56. The molecule has 1 aliphatic carbocycles. The van der Waals surface area contributed by atoms with E-state index in [2.05, 4.69) is 11.5 Å². The lowest BCUT2D eigenvalue weighted by Crippen LogP contribution is -2.31. The summed E-state index contributed by atoms with van der Waals surface area (Å²) >= 11 is 0. The summed E-state index contributed by atoms with van der Waals surface area (Å²) in [6, 6.07) is 16.8. The van der Waals surface area contributed by atoms with E-state index in [1.54, 1.807) is 12.1 Å². The molecule has 0 bridgehead atoms. The van der Waals surface area contributed by atoms with Crippen molar-refractivity contribution in [3.05, 3.63) is 77.2 Å². The highest BCUT2D eigenvalue weighted by atomic mass is 16.4. The fraction of sp³-hybridized carbons (Fsp3) is 0.364. The van der Waals surface area contributed by atoms with E-state index in [4.69, 9.17) is 9.97 Å². The van der Waals surface area contributed by atoms with Crippen LogP contribution in [-0.2, 0) is 22.6 Å². The summed E-state index contributed by atoms with van der Waals surface area (Å²) in [5.74, 6) is -0.659. The third-order valence-corrected chi connectivity index (χ3v) is 8.56. The number of anilines is 1. The molecule has 0 radical (unpaired) electrons. The number of imidazole rings is 1. The van der Waals surface area contributed by atoms with Gasteiger partial charge in [-0.25, -0.2) is 19.7 Å². The molecule has 6 rings (SSSR count). The average molecular weight is 551 g/mol. The first kappa shape index (κ1) is 26.9. The van der Waals surface area contributed by atoms with Crippen molar-refractivity contribution in [2.75, 3.05) is 4.90 Å². The number of aromatic carboxylic acids is 1. The van der Waals surface area contributed by atoms with Crippen LogP contribution in [0.25, 0.3) is 22.3 Å². The highest BCUT2D eigenvalue weighted by molar-refractivity contribution is 6.22. The normalized spacial score (nSPS) is 18.7. The number of nitrogens with zero attached hydrogens (tertiary/aromatic N) is 4. The van der Waals surface area contributed by atoms with Crippen molar-refractivity contribution in [3.63, 3.8) is 0 Å². The molecule has 4 aromatic rings. The predicted molar refractivity (Wildman–Crippen MR) is 157 cm³/mol. The molecule has 2 aromatic heterocycles. The van der Waals surface area contributed by atoms with Gasteiger partial charge >= 0.3 is 5.97 Å². The molecule has 210 valence electrons. The van der Waals surface area contributed by atoms with Gasteiger partial charge in [0.2, 0.25) is 11.8 Å². The first-order valence-corrected chi connectivity index (χ1v) is 14.5. The molecule has 2 aliphatic rings. The molecule has 1 saturated heterocycles. The lowest BCUT2D eigenvalue weighted by molar-refractivity contribution is -0.122. The number of rotatable bonds is 8. The van der Waals surface area contributed by atoms with E-state index >= 15 is 0 Å². The van der Waals surface area contributed by atoms with Gasteiger partial charge in [-0.3, -0.25) is 9.59 Å². The van der Waals surface area contributed by atoms with Gasteiger partial charge in [0.1, 0.15) is 11.3 Å². The lowest BCUT2D eigenvalue weighted by Gasteiger charge is -2.19. The number of hydrogen-bond acceptors (Lipinski definition) is 5. The second kappa shape index (κ2) is 10.9. The molecule has 2 amide bonds. The molecule has 0 unspecified atom stereocenters. The predicted octanol–water partition coefficient (Wildman–Crippen LogP) is 6.18. The molecule has 8 heteroatoms. The monoisotopic (exact) mass is 550 g/mol. The van der Waals surface area contributed by atoms with Crippen LogP contribution in [0.2, 0.25) is 0 Å². The minimum absolute atomic E-state index is 0.0980. The standard InChI is InChI=1S/C33H34N4O4/c1-3-4-13-29-35-27-18-28(37-31(38)24-10-6-7-11-25(24)32(37)39)20(2)34-30(27)36(29)19-21-14-16-22(17-15-21)23-9-5-8-12-26(23)33(40)41/h5,8-9,12,14-18,24-25H,3-4,6-7,10-11,13,19H2,1-2H3,(H,40,41)/t24-,25+. The number of unbranched alkanes of at least 4 members (excludes halogenated alkanes) is 1. The molecule has 2 fully saturated rings. The van der Waals surface area contributed by atoms with Crippen LogP contribution in [0.15, 0.2) is 54.6 Å². The smallest absolute Gasteiger partial charge is 0.336 e. The van der Waals surface area contributed by atoms with Crippen LogP contribution in [0.4, 0.5) is 5.69 Å². The van der Waals surface area contributed by atoms with E-state index in [1.807, 2.05) is 49.4 Å². The van der Waals surface area contributed by atoms with E-state index in [9.17, 15) is 19.5 Å². The zero-order valence-electron chi connectivity index (χ0n) is 23.5. The van der Waals surface area contributed by atoms with Crippen LogP contribution < -0.4 is 4.90 Å². The summed E-state index contributed by atoms with van der Waals surface area (Å²) in [5.41, 5.74) is 5.43. The molecule has 1 saturated carbocycles. The third kappa shape index (κ3) is 4.81. The van der Waals surface area contributed by atoms with Gasteiger partial charge in [0.15, 0.2) is 5.65 Å². The van der Waals surface area contributed by atoms with Crippen LogP contribution in [-0.4, -0.2) is 37.4 Å². The molecule has 1 aliphatic heterocycles. The largest absolute Gasteiger partial charge is 0.478 e. The minimum Gasteiger partial charge on any atom is -0.478 e. The Morgan fingerprint density at radius 3 is 2.32 bits per heavy atom. The highest BCUT2D eigenvalue weighted by Gasteiger charge is 2.49. The Morgan fingerprint density at radius 1 is 0.976 bits per heavy atom. The maximum atomic E-state index is 13.3. The van der Waals surface area contributed by atoms with Crippen molar-refractivity contribution < 1.29 is 19.5 Å². The number of benzene rings is 2. The highest BCUT2D eigenvalue weighted by Crippen LogP contribution is 2.41. The molecule has 3 heterocycles. The number of carbonyl (C=O) groups excluding carboxylic acids is 2. The second-order valence-corrected chi connectivity index (χ2v) is 11.2. The van der Waals surface area contributed by atoms with E-state index in [1.165, 1.54) is 4.90 Å². The maximum Gasteiger partial charge on any atom is 0.336 e. The average Bonchev–Trinajstić information content (AvgIpc) is 3.44.